The quantitative estimate of drug-likeness (QED) is 0.762. The molecular formula is C14H22O3S. The van der Waals surface area contributed by atoms with E-state index >= 15 is 0 Å². The fraction of sp³-hybridized carbons (Fsp3) is 0.571. The van der Waals surface area contributed by atoms with Gasteiger partial charge in [0, 0.05) is 0 Å². The van der Waals surface area contributed by atoms with Crippen LogP contribution in [0.25, 0.3) is 0 Å². The van der Waals surface area contributed by atoms with Crippen LogP contribution in [0.2, 0.25) is 0 Å². The summed E-state index contributed by atoms with van der Waals surface area (Å²) < 4.78 is 30.9. The van der Waals surface area contributed by atoms with Crippen LogP contribution in [0.1, 0.15) is 57.4 Å². The molecule has 0 heterocycles. The third-order valence-corrected chi connectivity index (χ3v) is 4.06. The first kappa shape index (κ1) is 15.2. The first-order valence-electron chi connectivity index (χ1n) is 6.56. The van der Waals surface area contributed by atoms with E-state index in [9.17, 15) is 8.42 Å². The lowest BCUT2D eigenvalue weighted by Gasteiger charge is -2.16. The zero-order valence-corrected chi connectivity index (χ0v) is 11.9. The highest BCUT2D eigenvalue weighted by molar-refractivity contribution is 7.85. The highest BCUT2D eigenvalue weighted by atomic mass is 32.2. The molecule has 3 nitrogen and oxygen atoms in total. The van der Waals surface area contributed by atoms with Gasteiger partial charge in [-0.05, 0) is 36.5 Å². The predicted molar refractivity (Wildman–Crippen MR) is 73.4 cm³/mol. The maximum absolute atomic E-state index is 11.0. The summed E-state index contributed by atoms with van der Waals surface area (Å²) in [6.45, 7) is 4.33. The molecule has 1 aromatic carbocycles. The molecule has 0 fully saturated rings. The van der Waals surface area contributed by atoms with Gasteiger partial charge in [0.1, 0.15) is 0 Å². The van der Waals surface area contributed by atoms with E-state index in [4.69, 9.17) is 4.55 Å². The van der Waals surface area contributed by atoms with E-state index in [1.54, 1.807) is 0 Å². The molecule has 1 N–H and O–H groups in total. The van der Waals surface area contributed by atoms with Gasteiger partial charge in [0.15, 0.2) is 0 Å². The number of benzene rings is 1. The van der Waals surface area contributed by atoms with Crippen LogP contribution in [0.3, 0.4) is 0 Å². The van der Waals surface area contributed by atoms with Crippen LogP contribution in [-0.2, 0) is 10.1 Å². The molecule has 1 atom stereocenters. The van der Waals surface area contributed by atoms with Crippen molar-refractivity contribution in [1.29, 1.82) is 0 Å². The van der Waals surface area contributed by atoms with Gasteiger partial charge in [0.2, 0.25) is 0 Å². The van der Waals surface area contributed by atoms with Gasteiger partial charge in [-0.25, -0.2) is 0 Å². The summed E-state index contributed by atoms with van der Waals surface area (Å²) in [5, 5.41) is 0. The van der Waals surface area contributed by atoms with E-state index in [1.807, 2.05) is 12.1 Å². The molecule has 102 valence electrons. The second-order valence-corrected chi connectivity index (χ2v) is 6.09. The van der Waals surface area contributed by atoms with Crippen molar-refractivity contribution in [1.82, 2.24) is 0 Å². The molecule has 0 saturated heterocycles. The van der Waals surface area contributed by atoms with E-state index in [0.29, 0.717) is 5.92 Å². The molecule has 0 radical (unpaired) electrons. The van der Waals surface area contributed by atoms with Crippen molar-refractivity contribution in [3.8, 4) is 0 Å². The van der Waals surface area contributed by atoms with Crippen molar-refractivity contribution in [3.63, 3.8) is 0 Å². The van der Waals surface area contributed by atoms with Gasteiger partial charge < -0.3 is 0 Å². The van der Waals surface area contributed by atoms with Crippen LogP contribution in [0, 0.1) is 0 Å². The summed E-state index contributed by atoms with van der Waals surface area (Å²) in [6, 6.07) is 6.61. The van der Waals surface area contributed by atoms with Crippen molar-refractivity contribution >= 4 is 10.1 Å². The fourth-order valence-corrected chi connectivity index (χ4v) is 2.67. The van der Waals surface area contributed by atoms with Gasteiger partial charge in [-0.3, -0.25) is 4.55 Å². The summed E-state index contributed by atoms with van der Waals surface area (Å²) in [7, 11) is -4.07. The summed E-state index contributed by atoms with van der Waals surface area (Å²) in [5.41, 5.74) is 1.16. The van der Waals surface area contributed by atoms with Crippen LogP contribution >= 0.6 is 0 Å². The minimum Gasteiger partial charge on any atom is -0.282 e. The summed E-state index contributed by atoms with van der Waals surface area (Å²) in [4.78, 5) is -0.0306. The number of unbranched alkanes of at least 4 members (excludes halogenated alkanes) is 1. The lowest BCUT2D eigenvalue weighted by atomic mass is 9.90. The molecule has 18 heavy (non-hydrogen) atoms. The topological polar surface area (TPSA) is 54.4 Å². The highest BCUT2D eigenvalue weighted by Crippen LogP contribution is 2.27. The molecular weight excluding hydrogens is 248 g/mol. The predicted octanol–water partition coefficient (Wildman–Crippen LogP) is 4.01. The normalized spacial score (nSPS) is 13.5. The van der Waals surface area contributed by atoms with E-state index in [1.165, 1.54) is 25.0 Å². The van der Waals surface area contributed by atoms with Crippen LogP contribution in [0.15, 0.2) is 29.2 Å². The van der Waals surface area contributed by atoms with Crippen molar-refractivity contribution in [3.05, 3.63) is 29.8 Å². The Balaban J connectivity index is 2.86. The summed E-state index contributed by atoms with van der Waals surface area (Å²) >= 11 is 0. The second kappa shape index (κ2) is 6.90. The first-order chi connectivity index (χ1) is 8.49. The minimum atomic E-state index is -4.07. The van der Waals surface area contributed by atoms with Crippen molar-refractivity contribution in [2.75, 3.05) is 0 Å². The number of hydrogen-bond donors (Lipinski definition) is 1. The lowest BCUT2D eigenvalue weighted by molar-refractivity contribution is 0.483. The Morgan fingerprint density at radius 1 is 1.06 bits per heavy atom. The average Bonchev–Trinajstić information content (AvgIpc) is 2.33. The summed E-state index contributed by atoms with van der Waals surface area (Å²) in [6.07, 6.45) is 5.73. The second-order valence-electron chi connectivity index (χ2n) is 4.67. The van der Waals surface area contributed by atoms with Gasteiger partial charge in [0.25, 0.3) is 10.1 Å². The van der Waals surface area contributed by atoms with Crippen molar-refractivity contribution in [2.24, 2.45) is 0 Å². The first-order valence-corrected chi connectivity index (χ1v) is 8.00. The Kier molecular flexibility index (Phi) is 5.82. The van der Waals surface area contributed by atoms with E-state index < -0.39 is 10.1 Å². The Bertz CT molecular complexity index is 448. The smallest absolute Gasteiger partial charge is 0.282 e. The van der Waals surface area contributed by atoms with Crippen LogP contribution < -0.4 is 0 Å². The highest BCUT2D eigenvalue weighted by Gasteiger charge is 2.13. The minimum absolute atomic E-state index is 0.0306. The maximum atomic E-state index is 11.0. The maximum Gasteiger partial charge on any atom is 0.294 e. The van der Waals surface area contributed by atoms with Crippen LogP contribution in [-0.4, -0.2) is 13.0 Å². The molecule has 0 amide bonds. The molecule has 0 aliphatic heterocycles. The van der Waals surface area contributed by atoms with Crippen molar-refractivity contribution < 1.29 is 13.0 Å². The van der Waals surface area contributed by atoms with E-state index in [2.05, 4.69) is 13.8 Å². The molecule has 0 aliphatic carbocycles. The third kappa shape index (κ3) is 4.42. The number of hydrogen-bond acceptors (Lipinski definition) is 2. The van der Waals surface area contributed by atoms with Crippen LogP contribution in [0.4, 0.5) is 0 Å². The Morgan fingerprint density at radius 2 is 1.67 bits per heavy atom. The Labute approximate surface area is 110 Å². The SMILES string of the molecule is CCCCC(CCC)c1ccc(S(=O)(=O)O)cc1. The molecule has 0 aliphatic rings. The fourth-order valence-electron chi connectivity index (χ4n) is 2.19. The molecule has 0 spiro atoms. The standard InChI is InChI=1S/C14H22O3S/c1-3-5-7-12(6-4-2)13-8-10-14(11-9-13)18(15,16)17/h8-12H,3-7H2,1-2H3,(H,15,16,17). The van der Waals surface area contributed by atoms with E-state index in [-0.39, 0.29) is 4.90 Å². The van der Waals surface area contributed by atoms with E-state index in [0.717, 1.165) is 24.8 Å². The number of rotatable bonds is 7. The Hall–Kier alpha value is -0.870. The van der Waals surface area contributed by atoms with Gasteiger partial charge in [0.05, 0.1) is 4.90 Å². The molecule has 1 rings (SSSR count). The van der Waals surface area contributed by atoms with Crippen LogP contribution in [0.5, 0.6) is 0 Å². The van der Waals surface area contributed by atoms with Gasteiger partial charge in [-0.2, -0.15) is 8.42 Å². The lowest BCUT2D eigenvalue weighted by Crippen LogP contribution is -2.01. The molecule has 0 aromatic heterocycles. The largest absolute Gasteiger partial charge is 0.294 e. The van der Waals surface area contributed by atoms with Gasteiger partial charge in [-0.15, -0.1) is 0 Å². The zero-order valence-electron chi connectivity index (χ0n) is 11.1. The summed E-state index contributed by atoms with van der Waals surface area (Å²) in [5.74, 6) is 0.491. The molecule has 1 aromatic rings. The Morgan fingerprint density at radius 3 is 2.11 bits per heavy atom. The molecule has 0 bridgehead atoms. The third-order valence-electron chi connectivity index (χ3n) is 3.19. The van der Waals surface area contributed by atoms with Crippen molar-refractivity contribution in [2.45, 2.75) is 56.8 Å². The molecule has 1 unspecified atom stereocenters. The zero-order chi connectivity index (χ0) is 13.6. The monoisotopic (exact) mass is 270 g/mol. The average molecular weight is 270 g/mol. The van der Waals surface area contributed by atoms with Gasteiger partial charge in [-0.1, -0.05) is 45.2 Å². The van der Waals surface area contributed by atoms with Gasteiger partial charge >= 0.3 is 0 Å². The molecule has 0 saturated carbocycles. The molecule has 4 heteroatoms.